The molecule has 0 saturated carbocycles. The molecule has 1 aromatic heterocycles. The van der Waals surface area contributed by atoms with E-state index >= 15 is 0 Å². The van der Waals surface area contributed by atoms with E-state index in [-0.39, 0.29) is 29.8 Å². The van der Waals surface area contributed by atoms with Crippen molar-refractivity contribution in [3.05, 3.63) is 28.6 Å². The van der Waals surface area contributed by atoms with E-state index in [2.05, 4.69) is 4.98 Å². The maximum absolute atomic E-state index is 12.6. The summed E-state index contributed by atoms with van der Waals surface area (Å²) in [6.45, 7) is 3.30. The smallest absolute Gasteiger partial charge is 0.310 e. The van der Waals surface area contributed by atoms with Gasteiger partial charge in [-0.15, -0.1) is 0 Å². The summed E-state index contributed by atoms with van der Waals surface area (Å²) in [6, 6.07) is 2.94. The lowest BCUT2D eigenvalue weighted by atomic mass is 10.0. The van der Waals surface area contributed by atoms with Crippen molar-refractivity contribution in [2.45, 2.75) is 26.7 Å². The first kappa shape index (κ1) is 14.0. The van der Waals surface area contributed by atoms with Crippen LogP contribution in [0.5, 0.6) is 0 Å². The fourth-order valence-corrected chi connectivity index (χ4v) is 1.54. The number of hydrogen-bond donors (Lipinski definition) is 0. The Balaban J connectivity index is 3.15. The SMILES string of the molecule is CCOC(=O)Cc1cc(C(F)F)nc(C)c1C#N. The number of pyridine rings is 1. The zero-order chi connectivity index (χ0) is 13.7. The minimum absolute atomic E-state index is 0.146. The summed E-state index contributed by atoms with van der Waals surface area (Å²) < 4.78 is 29.9. The van der Waals surface area contributed by atoms with Crippen LogP contribution >= 0.6 is 0 Å². The summed E-state index contributed by atoms with van der Waals surface area (Å²) in [7, 11) is 0. The van der Waals surface area contributed by atoms with Gasteiger partial charge in [-0.3, -0.25) is 9.78 Å². The van der Waals surface area contributed by atoms with Crippen molar-refractivity contribution in [3.63, 3.8) is 0 Å². The maximum atomic E-state index is 12.6. The number of halogens is 2. The Bertz CT molecular complexity index is 496. The molecule has 0 bridgehead atoms. The lowest BCUT2D eigenvalue weighted by Crippen LogP contribution is -2.11. The van der Waals surface area contributed by atoms with E-state index < -0.39 is 18.1 Å². The fraction of sp³-hybridized carbons (Fsp3) is 0.417. The van der Waals surface area contributed by atoms with Gasteiger partial charge in [0.2, 0.25) is 0 Å². The van der Waals surface area contributed by atoms with Gasteiger partial charge >= 0.3 is 5.97 Å². The molecule has 6 heteroatoms. The van der Waals surface area contributed by atoms with Crippen molar-refractivity contribution < 1.29 is 18.3 Å². The standard InChI is InChI=1S/C12H12F2N2O2/c1-3-18-11(17)5-8-4-10(12(13)14)16-7(2)9(8)6-15/h4,12H,3,5H2,1-2H3. The van der Waals surface area contributed by atoms with Gasteiger partial charge in [-0.05, 0) is 25.5 Å². The number of ether oxygens (including phenoxy) is 1. The number of esters is 1. The predicted octanol–water partition coefficient (Wildman–Crippen LogP) is 2.30. The summed E-state index contributed by atoms with van der Waals surface area (Å²) in [5.41, 5.74) is 0.117. The highest BCUT2D eigenvalue weighted by molar-refractivity contribution is 5.73. The zero-order valence-electron chi connectivity index (χ0n) is 10.0. The number of aromatic nitrogens is 1. The molecule has 0 aliphatic rings. The number of nitrogens with zero attached hydrogens (tertiary/aromatic N) is 2. The maximum Gasteiger partial charge on any atom is 0.310 e. The van der Waals surface area contributed by atoms with E-state index in [0.717, 1.165) is 6.07 Å². The largest absolute Gasteiger partial charge is 0.466 e. The molecule has 0 radical (unpaired) electrons. The van der Waals surface area contributed by atoms with Crippen molar-refractivity contribution in [1.29, 1.82) is 5.26 Å². The highest BCUT2D eigenvalue weighted by atomic mass is 19.3. The van der Waals surface area contributed by atoms with Gasteiger partial charge in [-0.2, -0.15) is 5.26 Å². The minimum atomic E-state index is -2.74. The predicted molar refractivity (Wildman–Crippen MR) is 59.0 cm³/mol. The molecule has 0 unspecified atom stereocenters. The van der Waals surface area contributed by atoms with E-state index in [1.165, 1.54) is 6.92 Å². The summed E-state index contributed by atoms with van der Waals surface area (Å²) in [5.74, 6) is -0.556. The third-order valence-electron chi connectivity index (χ3n) is 2.28. The van der Waals surface area contributed by atoms with Gasteiger partial charge in [0, 0.05) is 0 Å². The van der Waals surface area contributed by atoms with E-state index in [4.69, 9.17) is 10.00 Å². The van der Waals surface area contributed by atoms with Crippen LogP contribution in [0.25, 0.3) is 0 Å². The Hall–Kier alpha value is -2.03. The van der Waals surface area contributed by atoms with Crippen LogP contribution in [-0.4, -0.2) is 17.6 Å². The van der Waals surface area contributed by atoms with Crippen molar-refractivity contribution in [1.82, 2.24) is 4.98 Å². The Kier molecular flexibility index (Phi) is 4.72. The molecule has 0 aromatic carbocycles. The van der Waals surface area contributed by atoms with Gasteiger partial charge in [0.05, 0.1) is 24.3 Å². The highest BCUT2D eigenvalue weighted by Crippen LogP contribution is 2.22. The van der Waals surface area contributed by atoms with Gasteiger partial charge in [-0.1, -0.05) is 0 Å². The second kappa shape index (κ2) is 6.05. The van der Waals surface area contributed by atoms with Gasteiger partial charge < -0.3 is 4.74 Å². The summed E-state index contributed by atoms with van der Waals surface area (Å²) in [4.78, 5) is 15.0. The van der Waals surface area contributed by atoms with Gasteiger partial charge in [0.15, 0.2) is 0 Å². The molecule has 0 atom stereocenters. The monoisotopic (exact) mass is 254 g/mol. The van der Waals surface area contributed by atoms with E-state index in [1.54, 1.807) is 6.92 Å². The lowest BCUT2D eigenvalue weighted by Gasteiger charge is -2.09. The van der Waals surface area contributed by atoms with Crippen LogP contribution in [0.2, 0.25) is 0 Å². The normalized spacial score (nSPS) is 10.2. The minimum Gasteiger partial charge on any atom is -0.466 e. The van der Waals surface area contributed by atoms with E-state index in [1.807, 2.05) is 6.07 Å². The number of carbonyl (C=O) groups is 1. The summed E-state index contributed by atoms with van der Waals surface area (Å²) in [5, 5.41) is 8.94. The van der Waals surface area contributed by atoms with Crippen LogP contribution in [0.15, 0.2) is 6.07 Å². The molecule has 1 heterocycles. The first-order chi connectivity index (χ1) is 8.49. The number of alkyl halides is 2. The molecule has 0 spiro atoms. The number of rotatable bonds is 4. The summed E-state index contributed by atoms with van der Waals surface area (Å²) in [6.07, 6.45) is -2.95. The first-order valence-electron chi connectivity index (χ1n) is 5.33. The Morgan fingerprint density at radius 1 is 1.61 bits per heavy atom. The molecular formula is C12H12F2N2O2. The molecule has 0 N–H and O–H groups in total. The average molecular weight is 254 g/mol. The summed E-state index contributed by atoms with van der Waals surface area (Å²) >= 11 is 0. The first-order valence-corrected chi connectivity index (χ1v) is 5.33. The molecule has 0 saturated heterocycles. The van der Waals surface area contributed by atoms with Gasteiger partial charge in [0.25, 0.3) is 6.43 Å². The lowest BCUT2D eigenvalue weighted by molar-refractivity contribution is -0.142. The molecule has 0 amide bonds. The van der Waals surface area contributed by atoms with E-state index in [0.29, 0.717) is 0 Å². The molecule has 18 heavy (non-hydrogen) atoms. The quantitative estimate of drug-likeness (QED) is 0.773. The Labute approximate surface area is 103 Å². The van der Waals surface area contributed by atoms with Crippen LogP contribution in [-0.2, 0) is 16.0 Å². The number of hydrogen-bond acceptors (Lipinski definition) is 4. The van der Waals surface area contributed by atoms with Crippen LogP contribution in [0, 0.1) is 18.3 Å². The number of carbonyl (C=O) groups excluding carboxylic acids is 1. The molecule has 1 aromatic rings. The fourth-order valence-electron chi connectivity index (χ4n) is 1.54. The van der Waals surface area contributed by atoms with Crippen molar-refractivity contribution in [2.24, 2.45) is 0 Å². The number of aryl methyl sites for hydroxylation is 1. The Morgan fingerprint density at radius 2 is 2.28 bits per heavy atom. The third kappa shape index (κ3) is 3.23. The average Bonchev–Trinajstić information content (AvgIpc) is 2.28. The van der Waals surface area contributed by atoms with E-state index in [9.17, 15) is 13.6 Å². The van der Waals surface area contributed by atoms with Crippen molar-refractivity contribution >= 4 is 5.97 Å². The van der Waals surface area contributed by atoms with Gasteiger partial charge in [-0.25, -0.2) is 8.78 Å². The number of nitriles is 1. The van der Waals surface area contributed by atoms with Crippen molar-refractivity contribution in [2.75, 3.05) is 6.61 Å². The molecule has 96 valence electrons. The molecule has 0 aliphatic carbocycles. The Morgan fingerprint density at radius 3 is 2.78 bits per heavy atom. The molecule has 0 aliphatic heterocycles. The third-order valence-corrected chi connectivity index (χ3v) is 2.28. The molecule has 4 nitrogen and oxygen atoms in total. The van der Waals surface area contributed by atoms with Gasteiger partial charge in [0.1, 0.15) is 11.8 Å². The molecular weight excluding hydrogens is 242 g/mol. The molecule has 1 rings (SSSR count). The van der Waals surface area contributed by atoms with Crippen LogP contribution in [0.3, 0.4) is 0 Å². The second-order valence-electron chi connectivity index (χ2n) is 3.56. The van der Waals surface area contributed by atoms with Crippen LogP contribution in [0.4, 0.5) is 8.78 Å². The van der Waals surface area contributed by atoms with Crippen LogP contribution < -0.4 is 0 Å². The second-order valence-corrected chi connectivity index (χ2v) is 3.56. The topological polar surface area (TPSA) is 63.0 Å². The highest BCUT2D eigenvalue weighted by Gasteiger charge is 2.17. The van der Waals surface area contributed by atoms with Crippen molar-refractivity contribution in [3.8, 4) is 6.07 Å². The zero-order valence-corrected chi connectivity index (χ0v) is 10.0. The molecule has 0 fully saturated rings. The van der Waals surface area contributed by atoms with Crippen LogP contribution in [0.1, 0.15) is 35.9 Å².